The van der Waals surface area contributed by atoms with E-state index in [0.29, 0.717) is 0 Å². The minimum atomic E-state index is 0.902. The van der Waals surface area contributed by atoms with E-state index in [1.807, 2.05) is 10.9 Å². The molecule has 3 heteroatoms. The minimum Gasteiger partial charge on any atom is -0.270 e. The first-order chi connectivity index (χ1) is 4.79. The van der Waals surface area contributed by atoms with E-state index < -0.39 is 0 Å². The molecule has 0 saturated carbocycles. The maximum atomic E-state index is 4.19. The molecule has 56 valence electrons. The van der Waals surface area contributed by atoms with Gasteiger partial charge in [0.15, 0.2) is 0 Å². The Morgan fingerprint density at radius 1 is 1.70 bits per heavy atom. The summed E-state index contributed by atoms with van der Waals surface area (Å²) in [6.07, 6.45) is 1.91. The van der Waals surface area contributed by atoms with Crippen molar-refractivity contribution in [2.24, 2.45) is 0 Å². The van der Waals surface area contributed by atoms with Gasteiger partial charge in [-0.25, -0.2) is 0 Å². The Labute approximate surface area is 69.4 Å². The third-order valence-electron chi connectivity index (χ3n) is 1.65. The van der Waals surface area contributed by atoms with Gasteiger partial charge in [-0.3, -0.25) is 4.68 Å². The van der Waals surface area contributed by atoms with Crippen LogP contribution in [0.1, 0.15) is 18.2 Å². The molecule has 0 amide bonds. The summed E-state index contributed by atoms with van der Waals surface area (Å²) in [6.45, 7) is 5.14. The molecule has 0 aliphatic heterocycles. The van der Waals surface area contributed by atoms with Crippen molar-refractivity contribution in [3.05, 3.63) is 17.5 Å². The van der Waals surface area contributed by atoms with Gasteiger partial charge in [-0.15, -0.1) is 0 Å². The van der Waals surface area contributed by atoms with Crippen LogP contribution in [0.4, 0.5) is 0 Å². The van der Waals surface area contributed by atoms with Crippen molar-refractivity contribution < 1.29 is 0 Å². The van der Waals surface area contributed by atoms with Crippen molar-refractivity contribution in [1.29, 1.82) is 0 Å². The second-order valence-electron chi connectivity index (χ2n) is 2.20. The molecule has 1 aromatic rings. The molecule has 0 atom stereocenters. The first-order valence-corrected chi connectivity index (χ1v) is 4.49. The zero-order valence-electron chi connectivity index (χ0n) is 6.26. The van der Waals surface area contributed by atoms with E-state index in [0.717, 1.165) is 11.9 Å². The lowest BCUT2D eigenvalue weighted by Gasteiger charge is -1.98. The molecule has 0 unspecified atom stereocenters. The molecule has 0 aliphatic rings. The molecule has 0 spiro atoms. The quantitative estimate of drug-likeness (QED) is 0.673. The normalized spacial score (nSPS) is 10.3. The summed E-state index contributed by atoms with van der Waals surface area (Å²) >= 11 is 3.40. The van der Waals surface area contributed by atoms with Crippen LogP contribution < -0.4 is 0 Å². The molecular formula is C7H11BrN2. The minimum absolute atomic E-state index is 0.902. The zero-order chi connectivity index (χ0) is 7.56. The van der Waals surface area contributed by atoms with Crippen molar-refractivity contribution >= 4 is 15.9 Å². The second kappa shape index (κ2) is 3.19. The van der Waals surface area contributed by atoms with Crippen LogP contribution in [-0.4, -0.2) is 9.78 Å². The topological polar surface area (TPSA) is 17.8 Å². The van der Waals surface area contributed by atoms with Gasteiger partial charge in [0.25, 0.3) is 0 Å². The number of nitrogens with zero attached hydrogens (tertiary/aromatic N) is 2. The van der Waals surface area contributed by atoms with Crippen molar-refractivity contribution in [3.8, 4) is 0 Å². The highest BCUT2D eigenvalue weighted by atomic mass is 79.9. The van der Waals surface area contributed by atoms with Gasteiger partial charge in [0.2, 0.25) is 0 Å². The molecule has 0 aromatic carbocycles. The third-order valence-corrected chi connectivity index (χ3v) is 2.25. The standard InChI is InChI=1S/C7H11BrN2/c1-3-10-6(2)7(4-8)5-9-10/h5H,3-4H2,1-2H3. The van der Waals surface area contributed by atoms with Gasteiger partial charge in [-0.1, -0.05) is 15.9 Å². The summed E-state index contributed by atoms with van der Waals surface area (Å²) in [4.78, 5) is 0. The highest BCUT2D eigenvalue weighted by Crippen LogP contribution is 2.10. The molecule has 0 bridgehead atoms. The van der Waals surface area contributed by atoms with Crippen LogP contribution in [0.2, 0.25) is 0 Å². The molecule has 10 heavy (non-hydrogen) atoms. The molecule has 2 nitrogen and oxygen atoms in total. The van der Waals surface area contributed by atoms with Crippen molar-refractivity contribution in [2.45, 2.75) is 25.7 Å². The molecule has 0 saturated heterocycles. The molecule has 1 rings (SSSR count). The van der Waals surface area contributed by atoms with Crippen LogP contribution in [0, 0.1) is 6.92 Å². The second-order valence-corrected chi connectivity index (χ2v) is 2.77. The van der Waals surface area contributed by atoms with Gasteiger partial charge in [-0.05, 0) is 13.8 Å². The maximum Gasteiger partial charge on any atom is 0.0533 e. The lowest BCUT2D eigenvalue weighted by atomic mass is 10.3. The number of aryl methyl sites for hydroxylation is 1. The fourth-order valence-electron chi connectivity index (χ4n) is 0.935. The molecule has 0 fully saturated rings. The highest BCUT2D eigenvalue weighted by molar-refractivity contribution is 9.08. The number of rotatable bonds is 2. The molecule has 0 aliphatic carbocycles. The molecule has 0 N–H and O–H groups in total. The van der Waals surface area contributed by atoms with E-state index in [-0.39, 0.29) is 0 Å². The lowest BCUT2D eigenvalue weighted by molar-refractivity contribution is 0.639. The molecule has 0 radical (unpaired) electrons. The van der Waals surface area contributed by atoms with Crippen molar-refractivity contribution in [1.82, 2.24) is 9.78 Å². The summed E-state index contributed by atoms with van der Waals surface area (Å²) in [5, 5.41) is 5.09. The monoisotopic (exact) mass is 202 g/mol. The SMILES string of the molecule is CCn1ncc(CBr)c1C. The fraction of sp³-hybridized carbons (Fsp3) is 0.571. The number of halogens is 1. The first kappa shape index (κ1) is 7.79. The Morgan fingerprint density at radius 3 is 2.70 bits per heavy atom. The summed E-state index contributed by atoms with van der Waals surface area (Å²) in [5.41, 5.74) is 2.54. The maximum absolute atomic E-state index is 4.19. The third kappa shape index (κ3) is 1.24. The van der Waals surface area contributed by atoms with Gasteiger partial charge in [0.1, 0.15) is 0 Å². The number of hydrogen-bond donors (Lipinski definition) is 0. The zero-order valence-corrected chi connectivity index (χ0v) is 7.85. The number of alkyl halides is 1. The Bertz CT molecular complexity index is 196. The fourth-order valence-corrected chi connectivity index (χ4v) is 1.49. The van der Waals surface area contributed by atoms with E-state index in [4.69, 9.17) is 0 Å². The van der Waals surface area contributed by atoms with Gasteiger partial charge in [0.05, 0.1) is 6.20 Å². The van der Waals surface area contributed by atoms with E-state index in [9.17, 15) is 0 Å². The van der Waals surface area contributed by atoms with Crippen molar-refractivity contribution in [2.75, 3.05) is 0 Å². The number of aromatic nitrogens is 2. The summed E-state index contributed by atoms with van der Waals surface area (Å²) in [7, 11) is 0. The van der Waals surface area contributed by atoms with Crippen LogP contribution in [-0.2, 0) is 11.9 Å². The van der Waals surface area contributed by atoms with Gasteiger partial charge in [-0.2, -0.15) is 5.10 Å². The average Bonchev–Trinajstić information content (AvgIpc) is 2.30. The van der Waals surface area contributed by atoms with Gasteiger partial charge >= 0.3 is 0 Å². The Kier molecular flexibility index (Phi) is 2.49. The van der Waals surface area contributed by atoms with Crippen LogP contribution in [0.25, 0.3) is 0 Å². The predicted octanol–water partition coefficient (Wildman–Crippen LogP) is 2.11. The van der Waals surface area contributed by atoms with E-state index in [2.05, 4.69) is 34.9 Å². The van der Waals surface area contributed by atoms with E-state index >= 15 is 0 Å². The molecule has 1 heterocycles. The first-order valence-electron chi connectivity index (χ1n) is 3.36. The highest BCUT2D eigenvalue weighted by Gasteiger charge is 2.01. The van der Waals surface area contributed by atoms with Gasteiger partial charge in [0, 0.05) is 23.1 Å². The Morgan fingerprint density at radius 2 is 2.40 bits per heavy atom. The van der Waals surface area contributed by atoms with E-state index in [1.54, 1.807) is 0 Å². The van der Waals surface area contributed by atoms with Crippen LogP contribution >= 0.6 is 15.9 Å². The van der Waals surface area contributed by atoms with Crippen LogP contribution in [0.5, 0.6) is 0 Å². The lowest BCUT2D eigenvalue weighted by Crippen LogP contribution is -1.98. The predicted molar refractivity (Wildman–Crippen MR) is 45.3 cm³/mol. The molecular weight excluding hydrogens is 192 g/mol. The summed E-state index contributed by atoms with van der Waals surface area (Å²) < 4.78 is 2.00. The van der Waals surface area contributed by atoms with E-state index in [1.165, 1.54) is 11.3 Å². The van der Waals surface area contributed by atoms with Crippen LogP contribution in [0.3, 0.4) is 0 Å². The van der Waals surface area contributed by atoms with Gasteiger partial charge < -0.3 is 0 Å². The Hall–Kier alpha value is -0.310. The molecule has 1 aromatic heterocycles. The van der Waals surface area contributed by atoms with Crippen LogP contribution in [0.15, 0.2) is 6.20 Å². The summed E-state index contributed by atoms with van der Waals surface area (Å²) in [5.74, 6) is 0. The average molecular weight is 203 g/mol. The largest absolute Gasteiger partial charge is 0.270 e. The Balaban J connectivity index is 2.97. The number of hydrogen-bond acceptors (Lipinski definition) is 1. The summed E-state index contributed by atoms with van der Waals surface area (Å²) in [6, 6.07) is 0. The van der Waals surface area contributed by atoms with Crippen molar-refractivity contribution in [3.63, 3.8) is 0 Å². The smallest absolute Gasteiger partial charge is 0.0533 e.